The number of ketones is 1. The molecule has 0 aliphatic heterocycles. The van der Waals surface area contributed by atoms with Crippen molar-refractivity contribution in [2.45, 2.75) is 46.6 Å². The Bertz CT molecular complexity index is 472. The molecule has 18 heavy (non-hydrogen) atoms. The average Bonchev–Trinajstić information content (AvgIpc) is 2.34. The fraction of sp³-hybridized carbons (Fsp3) is 0.533. The zero-order valence-corrected chi connectivity index (χ0v) is 12.9. The van der Waals surface area contributed by atoms with Crippen LogP contribution < -0.4 is 4.74 Å². The highest BCUT2D eigenvalue weighted by Gasteiger charge is 2.51. The van der Waals surface area contributed by atoms with E-state index in [0.717, 1.165) is 27.8 Å². The first-order valence-corrected chi connectivity index (χ1v) is 7.14. The van der Waals surface area contributed by atoms with E-state index in [1.54, 1.807) is 0 Å². The molecule has 0 radical (unpaired) electrons. The third-order valence-corrected chi connectivity index (χ3v) is 5.39. The Morgan fingerprint density at radius 3 is 2.39 bits per heavy atom. The molecule has 2 atom stereocenters. The minimum atomic E-state index is -0.297. The maximum absolute atomic E-state index is 11.7. The van der Waals surface area contributed by atoms with Crippen LogP contribution in [0.15, 0.2) is 16.6 Å². The lowest BCUT2D eigenvalue weighted by Crippen LogP contribution is -2.54. The van der Waals surface area contributed by atoms with E-state index in [0.29, 0.717) is 12.2 Å². The highest BCUT2D eigenvalue weighted by Crippen LogP contribution is 2.43. The third-order valence-electron chi connectivity index (χ3n) is 4.14. The summed E-state index contributed by atoms with van der Waals surface area (Å²) < 4.78 is 7.13. The van der Waals surface area contributed by atoms with E-state index in [-0.39, 0.29) is 11.5 Å². The summed E-state index contributed by atoms with van der Waals surface area (Å²) in [6, 6.07) is 4.05. The number of halogens is 1. The summed E-state index contributed by atoms with van der Waals surface area (Å²) in [7, 11) is 0. The van der Waals surface area contributed by atoms with Crippen LogP contribution in [0, 0.1) is 19.3 Å². The molecule has 1 aliphatic carbocycles. The molecule has 0 amide bonds. The molecule has 1 fully saturated rings. The molecule has 1 aromatic carbocycles. The van der Waals surface area contributed by atoms with Gasteiger partial charge in [-0.25, -0.2) is 0 Å². The Morgan fingerprint density at radius 1 is 1.39 bits per heavy atom. The summed E-state index contributed by atoms with van der Waals surface area (Å²) in [5.74, 6) is 1.19. The molecule has 2 nitrogen and oxygen atoms in total. The standard InChI is InChI=1S/C15H19BrO2/c1-5-15(4)12(17)8-13(15)18-11-6-9(2)14(16)10(3)7-11/h6-7,13H,5,8H2,1-4H3. The van der Waals surface area contributed by atoms with Crippen LogP contribution in [-0.2, 0) is 4.79 Å². The van der Waals surface area contributed by atoms with Crippen LogP contribution >= 0.6 is 15.9 Å². The van der Waals surface area contributed by atoms with Gasteiger partial charge in [-0.3, -0.25) is 4.79 Å². The van der Waals surface area contributed by atoms with Crippen molar-refractivity contribution in [3.05, 3.63) is 27.7 Å². The van der Waals surface area contributed by atoms with E-state index in [2.05, 4.69) is 29.8 Å². The van der Waals surface area contributed by atoms with Gasteiger partial charge >= 0.3 is 0 Å². The number of ether oxygens (including phenoxy) is 1. The zero-order chi connectivity index (χ0) is 13.5. The van der Waals surface area contributed by atoms with E-state index < -0.39 is 0 Å². The van der Waals surface area contributed by atoms with Crippen LogP contribution in [0.5, 0.6) is 5.75 Å². The number of aryl methyl sites for hydroxylation is 2. The summed E-state index contributed by atoms with van der Waals surface area (Å²) in [6.45, 7) is 8.15. The number of hydrogen-bond donors (Lipinski definition) is 0. The van der Waals surface area contributed by atoms with Gasteiger partial charge in [0.2, 0.25) is 0 Å². The second-order valence-corrected chi connectivity index (χ2v) is 6.17. The SMILES string of the molecule is CCC1(C)C(=O)CC1Oc1cc(C)c(Br)c(C)c1. The number of hydrogen-bond acceptors (Lipinski definition) is 2. The first-order chi connectivity index (χ1) is 8.38. The van der Waals surface area contributed by atoms with Crippen molar-refractivity contribution in [3.8, 4) is 5.75 Å². The van der Waals surface area contributed by atoms with Crippen LogP contribution in [0.2, 0.25) is 0 Å². The predicted octanol–water partition coefficient (Wildman–Crippen LogP) is 4.20. The van der Waals surface area contributed by atoms with Gasteiger partial charge in [0.25, 0.3) is 0 Å². The Hall–Kier alpha value is -0.830. The van der Waals surface area contributed by atoms with Gasteiger partial charge in [0.15, 0.2) is 0 Å². The van der Waals surface area contributed by atoms with Gasteiger partial charge in [-0.2, -0.15) is 0 Å². The Kier molecular flexibility index (Phi) is 3.54. The van der Waals surface area contributed by atoms with Crippen molar-refractivity contribution in [1.29, 1.82) is 0 Å². The highest BCUT2D eigenvalue weighted by molar-refractivity contribution is 9.10. The Balaban J connectivity index is 2.19. The van der Waals surface area contributed by atoms with Crippen LogP contribution in [0.3, 0.4) is 0 Å². The quantitative estimate of drug-likeness (QED) is 0.836. The van der Waals surface area contributed by atoms with E-state index in [1.165, 1.54) is 0 Å². The summed E-state index contributed by atoms with van der Waals surface area (Å²) >= 11 is 3.55. The van der Waals surface area contributed by atoms with E-state index in [9.17, 15) is 4.79 Å². The lowest BCUT2D eigenvalue weighted by atomic mass is 9.64. The van der Waals surface area contributed by atoms with Gasteiger partial charge in [-0.05, 0) is 50.5 Å². The molecule has 2 rings (SSSR count). The maximum atomic E-state index is 11.7. The topological polar surface area (TPSA) is 26.3 Å². The van der Waals surface area contributed by atoms with Crippen molar-refractivity contribution in [3.63, 3.8) is 0 Å². The van der Waals surface area contributed by atoms with Gasteiger partial charge in [-0.1, -0.05) is 22.9 Å². The van der Waals surface area contributed by atoms with Crippen molar-refractivity contribution in [2.24, 2.45) is 5.41 Å². The Morgan fingerprint density at radius 2 is 1.94 bits per heavy atom. The molecule has 2 unspecified atom stereocenters. The monoisotopic (exact) mass is 310 g/mol. The molecular weight excluding hydrogens is 292 g/mol. The lowest BCUT2D eigenvalue weighted by Gasteiger charge is -2.44. The van der Waals surface area contributed by atoms with E-state index >= 15 is 0 Å². The molecule has 1 aliphatic rings. The van der Waals surface area contributed by atoms with Crippen LogP contribution in [0.25, 0.3) is 0 Å². The van der Waals surface area contributed by atoms with Crippen LogP contribution in [0.4, 0.5) is 0 Å². The van der Waals surface area contributed by atoms with Gasteiger partial charge in [0.05, 0.1) is 5.41 Å². The molecule has 1 aromatic rings. The summed E-state index contributed by atoms with van der Waals surface area (Å²) in [4.78, 5) is 11.7. The van der Waals surface area contributed by atoms with Gasteiger partial charge < -0.3 is 4.74 Å². The molecule has 0 N–H and O–H groups in total. The molecule has 0 spiro atoms. The minimum Gasteiger partial charge on any atom is -0.489 e. The number of Topliss-reactive ketones (excluding diaryl/α,β-unsaturated/α-hetero) is 1. The molecule has 0 saturated heterocycles. The maximum Gasteiger partial charge on any atom is 0.146 e. The molecule has 0 heterocycles. The van der Waals surface area contributed by atoms with Gasteiger partial charge in [-0.15, -0.1) is 0 Å². The fourth-order valence-electron chi connectivity index (χ4n) is 2.41. The van der Waals surface area contributed by atoms with Crippen molar-refractivity contribution in [2.75, 3.05) is 0 Å². The lowest BCUT2D eigenvalue weighted by molar-refractivity contribution is -0.150. The van der Waals surface area contributed by atoms with Crippen LogP contribution in [-0.4, -0.2) is 11.9 Å². The van der Waals surface area contributed by atoms with E-state index in [4.69, 9.17) is 4.74 Å². The zero-order valence-electron chi connectivity index (χ0n) is 11.3. The van der Waals surface area contributed by atoms with Gasteiger partial charge in [0, 0.05) is 10.9 Å². The van der Waals surface area contributed by atoms with Crippen molar-refractivity contribution in [1.82, 2.24) is 0 Å². The molecular formula is C15H19BrO2. The average molecular weight is 311 g/mol. The molecule has 98 valence electrons. The molecule has 3 heteroatoms. The summed E-state index contributed by atoms with van der Waals surface area (Å²) in [5.41, 5.74) is 2.03. The number of carbonyl (C=O) groups is 1. The second kappa shape index (κ2) is 4.69. The largest absolute Gasteiger partial charge is 0.489 e. The smallest absolute Gasteiger partial charge is 0.146 e. The normalized spacial score (nSPS) is 26.9. The van der Waals surface area contributed by atoms with Crippen LogP contribution in [0.1, 0.15) is 37.8 Å². The molecule has 0 bridgehead atoms. The van der Waals surface area contributed by atoms with Gasteiger partial charge in [0.1, 0.15) is 17.6 Å². The first kappa shape index (κ1) is 13.6. The minimum absolute atomic E-state index is 0.0231. The second-order valence-electron chi connectivity index (χ2n) is 5.38. The van der Waals surface area contributed by atoms with Crippen molar-refractivity contribution < 1.29 is 9.53 Å². The molecule has 1 saturated carbocycles. The fourth-order valence-corrected chi connectivity index (χ4v) is 2.64. The van der Waals surface area contributed by atoms with E-state index in [1.807, 2.05) is 26.0 Å². The number of benzene rings is 1. The Labute approximate surface area is 117 Å². The number of carbonyl (C=O) groups excluding carboxylic acids is 1. The summed E-state index contributed by atoms with van der Waals surface area (Å²) in [5, 5.41) is 0. The predicted molar refractivity (Wildman–Crippen MR) is 76.1 cm³/mol. The first-order valence-electron chi connectivity index (χ1n) is 6.35. The summed E-state index contributed by atoms with van der Waals surface area (Å²) in [6.07, 6.45) is 1.40. The number of rotatable bonds is 3. The molecule has 0 aromatic heterocycles. The highest BCUT2D eigenvalue weighted by atomic mass is 79.9. The van der Waals surface area contributed by atoms with Crippen molar-refractivity contribution >= 4 is 21.7 Å². The third kappa shape index (κ3) is 2.09.